The van der Waals surface area contributed by atoms with Crippen molar-refractivity contribution in [2.45, 2.75) is 12.5 Å². The van der Waals surface area contributed by atoms with Crippen LogP contribution in [0.25, 0.3) is 0 Å². The van der Waals surface area contributed by atoms with Crippen LogP contribution in [0.5, 0.6) is 5.75 Å². The van der Waals surface area contributed by atoms with Crippen molar-refractivity contribution in [2.24, 2.45) is 0 Å². The van der Waals surface area contributed by atoms with E-state index in [0.717, 1.165) is 13.1 Å². The molecular weight excluding hydrogens is 275 g/mol. The molecule has 2 rings (SSSR count). The summed E-state index contributed by atoms with van der Waals surface area (Å²) in [4.78, 5) is 2.05. The zero-order chi connectivity index (χ0) is 14.6. The summed E-state index contributed by atoms with van der Waals surface area (Å²) in [5, 5.41) is 10.1. The molecule has 1 heterocycles. The molecule has 20 heavy (non-hydrogen) atoms. The Morgan fingerprint density at radius 3 is 2.35 bits per heavy atom. The molecule has 1 aliphatic rings. The molecule has 112 valence electrons. The number of benzene rings is 1. The third-order valence-corrected chi connectivity index (χ3v) is 3.03. The van der Waals surface area contributed by atoms with Crippen molar-refractivity contribution in [3.63, 3.8) is 0 Å². The molecule has 1 aromatic carbocycles. The summed E-state index contributed by atoms with van der Waals surface area (Å²) in [7, 11) is 0. The van der Waals surface area contributed by atoms with E-state index in [1.807, 2.05) is 4.90 Å². The maximum atomic E-state index is 12.0. The maximum Gasteiger partial charge on any atom is 0.573 e. The van der Waals surface area contributed by atoms with Crippen molar-refractivity contribution in [3.05, 3.63) is 29.8 Å². The number of halogens is 3. The van der Waals surface area contributed by atoms with Gasteiger partial charge in [0.25, 0.3) is 0 Å². The van der Waals surface area contributed by atoms with E-state index in [1.165, 1.54) is 24.3 Å². The first-order chi connectivity index (χ1) is 9.44. The Morgan fingerprint density at radius 2 is 1.80 bits per heavy atom. The largest absolute Gasteiger partial charge is 0.573 e. The topological polar surface area (TPSA) is 41.9 Å². The molecule has 7 heteroatoms. The van der Waals surface area contributed by atoms with E-state index in [2.05, 4.69) is 4.74 Å². The molecule has 0 aliphatic carbocycles. The minimum atomic E-state index is -4.70. The Kier molecular flexibility index (Phi) is 4.85. The average molecular weight is 291 g/mol. The van der Waals surface area contributed by atoms with Gasteiger partial charge >= 0.3 is 6.36 Å². The SMILES string of the molecule is OC(CN1CCOCC1)c1ccc(OC(F)(F)F)cc1. The predicted molar refractivity (Wildman–Crippen MR) is 65.3 cm³/mol. The number of aliphatic hydroxyl groups excluding tert-OH is 1. The number of hydrogen-bond donors (Lipinski definition) is 1. The van der Waals surface area contributed by atoms with Gasteiger partial charge in [-0.1, -0.05) is 12.1 Å². The summed E-state index contributed by atoms with van der Waals surface area (Å²) < 4.78 is 45.0. The fraction of sp³-hybridized carbons (Fsp3) is 0.538. The molecule has 4 nitrogen and oxygen atoms in total. The van der Waals surface area contributed by atoms with E-state index in [-0.39, 0.29) is 5.75 Å². The summed E-state index contributed by atoms with van der Waals surface area (Å²) in [5.41, 5.74) is 0.561. The molecule has 1 fully saturated rings. The van der Waals surface area contributed by atoms with Crippen molar-refractivity contribution in [1.82, 2.24) is 4.90 Å². The second-order valence-electron chi connectivity index (χ2n) is 4.55. The Labute approximate surface area is 114 Å². The van der Waals surface area contributed by atoms with Crippen LogP contribution in [0.4, 0.5) is 13.2 Å². The van der Waals surface area contributed by atoms with Crippen molar-refractivity contribution >= 4 is 0 Å². The van der Waals surface area contributed by atoms with Crippen LogP contribution in [0.2, 0.25) is 0 Å². The zero-order valence-corrected chi connectivity index (χ0v) is 10.8. The molecule has 0 aromatic heterocycles. The second kappa shape index (κ2) is 6.43. The lowest BCUT2D eigenvalue weighted by atomic mass is 10.1. The predicted octanol–water partition coefficient (Wildman–Crippen LogP) is 1.95. The highest BCUT2D eigenvalue weighted by Crippen LogP contribution is 2.24. The van der Waals surface area contributed by atoms with Gasteiger partial charge in [0.05, 0.1) is 19.3 Å². The molecule has 1 saturated heterocycles. The summed E-state index contributed by atoms with van der Waals surface area (Å²) in [6.45, 7) is 3.18. The Balaban J connectivity index is 1.91. The van der Waals surface area contributed by atoms with Crippen LogP contribution in [0, 0.1) is 0 Å². The van der Waals surface area contributed by atoms with Gasteiger partial charge < -0.3 is 14.6 Å². The van der Waals surface area contributed by atoms with E-state index in [0.29, 0.717) is 25.3 Å². The molecule has 1 unspecified atom stereocenters. The van der Waals surface area contributed by atoms with E-state index in [4.69, 9.17) is 4.74 Å². The third-order valence-electron chi connectivity index (χ3n) is 3.03. The van der Waals surface area contributed by atoms with E-state index < -0.39 is 12.5 Å². The van der Waals surface area contributed by atoms with Crippen LogP contribution in [0.15, 0.2) is 24.3 Å². The van der Waals surface area contributed by atoms with Crippen molar-refractivity contribution in [3.8, 4) is 5.75 Å². The van der Waals surface area contributed by atoms with Crippen molar-refractivity contribution < 1.29 is 27.8 Å². The zero-order valence-electron chi connectivity index (χ0n) is 10.8. The van der Waals surface area contributed by atoms with Crippen LogP contribution in [0.1, 0.15) is 11.7 Å². The van der Waals surface area contributed by atoms with Gasteiger partial charge in [0.1, 0.15) is 5.75 Å². The quantitative estimate of drug-likeness (QED) is 0.920. The van der Waals surface area contributed by atoms with Gasteiger partial charge in [0.15, 0.2) is 0 Å². The average Bonchev–Trinajstić information content (AvgIpc) is 2.39. The van der Waals surface area contributed by atoms with E-state index >= 15 is 0 Å². The third kappa shape index (κ3) is 4.66. The van der Waals surface area contributed by atoms with Gasteiger partial charge in [-0.3, -0.25) is 4.90 Å². The number of β-amino-alcohol motifs (C(OH)–C–C–N with tert-alkyl or cyclic N) is 1. The number of rotatable bonds is 4. The summed E-state index contributed by atoms with van der Waals surface area (Å²) in [6, 6.07) is 5.27. The van der Waals surface area contributed by atoms with Gasteiger partial charge in [0.2, 0.25) is 0 Å². The van der Waals surface area contributed by atoms with Gasteiger partial charge in [-0.25, -0.2) is 0 Å². The number of alkyl halides is 3. The van der Waals surface area contributed by atoms with Crippen LogP contribution in [0.3, 0.4) is 0 Å². The highest BCUT2D eigenvalue weighted by molar-refractivity contribution is 5.28. The number of aliphatic hydroxyl groups is 1. The molecule has 1 N–H and O–H groups in total. The molecule has 0 saturated carbocycles. The number of nitrogens with zero attached hydrogens (tertiary/aromatic N) is 1. The van der Waals surface area contributed by atoms with Crippen LogP contribution in [-0.2, 0) is 4.74 Å². The molecule has 1 atom stereocenters. The van der Waals surface area contributed by atoms with Crippen LogP contribution < -0.4 is 4.74 Å². The lowest BCUT2D eigenvalue weighted by Crippen LogP contribution is -2.38. The highest BCUT2D eigenvalue weighted by atomic mass is 19.4. The minimum Gasteiger partial charge on any atom is -0.406 e. The summed E-state index contributed by atoms with van der Waals surface area (Å²) >= 11 is 0. The first-order valence-corrected chi connectivity index (χ1v) is 6.28. The molecule has 0 spiro atoms. The van der Waals surface area contributed by atoms with Gasteiger partial charge in [-0.2, -0.15) is 0 Å². The number of ether oxygens (including phenoxy) is 2. The van der Waals surface area contributed by atoms with Crippen LogP contribution in [-0.4, -0.2) is 49.2 Å². The minimum absolute atomic E-state index is 0.292. The highest BCUT2D eigenvalue weighted by Gasteiger charge is 2.31. The Morgan fingerprint density at radius 1 is 1.20 bits per heavy atom. The fourth-order valence-electron chi connectivity index (χ4n) is 2.03. The van der Waals surface area contributed by atoms with Gasteiger partial charge in [-0.15, -0.1) is 13.2 Å². The van der Waals surface area contributed by atoms with Gasteiger partial charge in [0, 0.05) is 19.6 Å². The molecule has 0 amide bonds. The Hall–Kier alpha value is -1.31. The van der Waals surface area contributed by atoms with E-state index in [9.17, 15) is 18.3 Å². The normalized spacial score (nSPS) is 18.8. The molecule has 1 aliphatic heterocycles. The summed E-state index contributed by atoms with van der Waals surface area (Å²) in [6.07, 6.45) is -5.44. The molecule has 0 radical (unpaired) electrons. The first kappa shape index (κ1) is 15.1. The van der Waals surface area contributed by atoms with Crippen LogP contribution >= 0.6 is 0 Å². The molecular formula is C13H16F3NO3. The number of morpholine rings is 1. The monoisotopic (exact) mass is 291 g/mol. The Bertz CT molecular complexity index is 416. The smallest absolute Gasteiger partial charge is 0.406 e. The standard InChI is InChI=1S/C13H16F3NO3/c14-13(15,16)20-11-3-1-10(2-4-11)12(18)9-17-5-7-19-8-6-17/h1-4,12,18H,5-9H2. The molecule has 0 bridgehead atoms. The first-order valence-electron chi connectivity index (χ1n) is 6.28. The second-order valence-corrected chi connectivity index (χ2v) is 4.55. The van der Waals surface area contributed by atoms with Gasteiger partial charge in [-0.05, 0) is 17.7 Å². The van der Waals surface area contributed by atoms with Crippen molar-refractivity contribution in [2.75, 3.05) is 32.8 Å². The maximum absolute atomic E-state index is 12.0. The lowest BCUT2D eigenvalue weighted by Gasteiger charge is -2.28. The lowest BCUT2D eigenvalue weighted by molar-refractivity contribution is -0.274. The van der Waals surface area contributed by atoms with Crippen molar-refractivity contribution in [1.29, 1.82) is 0 Å². The molecule has 1 aromatic rings. The number of hydrogen-bond acceptors (Lipinski definition) is 4. The van der Waals surface area contributed by atoms with E-state index in [1.54, 1.807) is 0 Å². The summed E-state index contributed by atoms with van der Waals surface area (Å²) in [5.74, 6) is -0.292. The fourth-order valence-corrected chi connectivity index (χ4v) is 2.03.